The molecule has 2 aromatic rings. The van der Waals surface area contributed by atoms with E-state index in [-0.39, 0.29) is 5.69 Å². The lowest BCUT2D eigenvalue weighted by atomic mass is 10.1. The summed E-state index contributed by atoms with van der Waals surface area (Å²) in [6, 6.07) is 5.70. The van der Waals surface area contributed by atoms with Gasteiger partial charge in [0.25, 0.3) is 0 Å². The summed E-state index contributed by atoms with van der Waals surface area (Å²) in [7, 11) is 0. The van der Waals surface area contributed by atoms with Gasteiger partial charge in [-0.3, -0.25) is 4.57 Å². The van der Waals surface area contributed by atoms with Gasteiger partial charge in [0.05, 0.1) is 6.10 Å². The van der Waals surface area contributed by atoms with Gasteiger partial charge in [-0.2, -0.15) is 0 Å². The van der Waals surface area contributed by atoms with Crippen molar-refractivity contribution in [1.82, 2.24) is 14.8 Å². The number of aromatic amines is 1. The van der Waals surface area contributed by atoms with Crippen LogP contribution in [0.3, 0.4) is 0 Å². The topological polar surface area (TPSA) is 70.9 Å². The van der Waals surface area contributed by atoms with Crippen molar-refractivity contribution in [2.45, 2.75) is 43.0 Å². The number of hydrogen-bond donors (Lipinski definition) is 2. The Hall–Kier alpha value is -1.05. The van der Waals surface area contributed by atoms with Gasteiger partial charge in [0.15, 0.2) is 5.16 Å². The first-order valence-electron chi connectivity index (χ1n) is 6.33. The van der Waals surface area contributed by atoms with Crippen LogP contribution in [0.4, 0.5) is 0 Å². The summed E-state index contributed by atoms with van der Waals surface area (Å²) in [4.78, 5) is 12.6. The summed E-state index contributed by atoms with van der Waals surface area (Å²) in [6.07, 6.45) is 0.351. The molecule has 5 nitrogen and oxygen atoms in total. The molecule has 0 aliphatic heterocycles. The second kappa shape index (κ2) is 6.60. The van der Waals surface area contributed by atoms with Gasteiger partial charge >= 0.3 is 5.69 Å². The van der Waals surface area contributed by atoms with Crippen LogP contribution in [0.25, 0.3) is 0 Å². The van der Waals surface area contributed by atoms with E-state index in [0.717, 1.165) is 21.4 Å². The summed E-state index contributed by atoms with van der Waals surface area (Å²) >= 11 is 4.86. The molecule has 0 fully saturated rings. The Labute approximate surface area is 129 Å². The number of nitrogens with zero attached hydrogens (tertiary/aromatic N) is 2. The average molecular weight is 358 g/mol. The molecule has 0 aliphatic carbocycles. The Morgan fingerprint density at radius 2 is 2.30 bits per heavy atom. The Kier molecular flexibility index (Phi) is 5.06. The van der Waals surface area contributed by atoms with E-state index >= 15 is 0 Å². The van der Waals surface area contributed by atoms with Crippen molar-refractivity contribution in [3.05, 3.63) is 38.7 Å². The highest BCUT2D eigenvalue weighted by Crippen LogP contribution is 2.31. The minimum Gasteiger partial charge on any atom is -0.389 e. The predicted molar refractivity (Wildman–Crippen MR) is 82.0 cm³/mol. The van der Waals surface area contributed by atoms with E-state index in [1.165, 1.54) is 11.8 Å². The maximum atomic E-state index is 11.6. The smallest absolute Gasteiger partial charge is 0.343 e. The number of aliphatic hydroxyl groups is 1. The molecule has 1 heterocycles. The second-order valence-electron chi connectivity index (χ2n) is 4.42. The fourth-order valence-electron chi connectivity index (χ4n) is 1.82. The normalized spacial score (nSPS) is 12.6. The van der Waals surface area contributed by atoms with Gasteiger partial charge in [-0.25, -0.2) is 9.89 Å². The molecule has 0 aliphatic rings. The number of nitrogens with one attached hydrogen (secondary N) is 1. The van der Waals surface area contributed by atoms with Crippen LogP contribution < -0.4 is 5.69 Å². The second-order valence-corrected chi connectivity index (χ2v) is 6.32. The summed E-state index contributed by atoms with van der Waals surface area (Å²) in [6.45, 7) is 4.38. The van der Waals surface area contributed by atoms with Gasteiger partial charge in [-0.15, -0.1) is 5.10 Å². The van der Waals surface area contributed by atoms with Gasteiger partial charge in [0.2, 0.25) is 0 Å². The number of aliphatic hydroxyl groups excluding tert-OH is 1. The highest BCUT2D eigenvalue weighted by molar-refractivity contribution is 9.10. The van der Waals surface area contributed by atoms with Crippen molar-refractivity contribution in [1.29, 1.82) is 0 Å². The number of H-pyrrole nitrogens is 1. The van der Waals surface area contributed by atoms with Gasteiger partial charge in [0, 0.05) is 15.9 Å². The van der Waals surface area contributed by atoms with Crippen molar-refractivity contribution in [2.24, 2.45) is 0 Å². The van der Waals surface area contributed by atoms with Crippen molar-refractivity contribution in [3.8, 4) is 0 Å². The molecule has 1 atom stereocenters. The van der Waals surface area contributed by atoms with Crippen LogP contribution >= 0.6 is 27.7 Å². The maximum absolute atomic E-state index is 11.6. The fraction of sp³-hybridized carbons (Fsp3) is 0.385. The summed E-state index contributed by atoms with van der Waals surface area (Å²) < 4.78 is 2.47. The zero-order chi connectivity index (χ0) is 14.7. The average Bonchev–Trinajstić information content (AvgIpc) is 2.72. The number of aromatic nitrogens is 3. The van der Waals surface area contributed by atoms with Crippen molar-refractivity contribution in [3.63, 3.8) is 0 Å². The molecule has 0 amide bonds. The molecule has 1 aromatic heterocycles. The SMILES string of the molecule is CCCn1c(Sc2ccc([C@H](C)O)c(Br)c2)n[nH]c1=O. The van der Waals surface area contributed by atoms with Gasteiger partial charge in [-0.05, 0) is 42.8 Å². The van der Waals surface area contributed by atoms with Crippen LogP contribution in [0.5, 0.6) is 0 Å². The first kappa shape index (κ1) is 15.3. The van der Waals surface area contributed by atoms with Crippen molar-refractivity contribution in [2.75, 3.05) is 0 Å². The molecule has 0 unspecified atom stereocenters. The molecular formula is C13H16BrN3O2S. The van der Waals surface area contributed by atoms with Crippen molar-refractivity contribution < 1.29 is 5.11 Å². The van der Waals surface area contributed by atoms with E-state index in [2.05, 4.69) is 26.1 Å². The van der Waals surface area contributed by atoms with E-state index in [9.17, 15) is 9.90 Å². The highest BCUT2D eigenvalue weighted by Gasteiger charge is 2.11. The molecule has 0 saturated heterocycles. The summed E-state index contributed by atoms with van der Waals surface area (Å²) in [5, 5.41) is 16.8. The van der Waals surface area contributed by atoms with E-state index in [1.54, 1.807) is 11.5 Å². The molecule has 0 bridgehead atoms. The largest absolute Gasteiger partial charge is 0.389 e. The molecule has 20 heavy (non-hydrogen) atoms. The van der Waals surface area contributed by atoms with E-state index in [1.807, 2.05) is 25.1 Å². The molecule has 108 valence electrons. The molecule has 0 saturated carbocycles. The quantitative estimate of drug-likeness (QED) is 0.862. The Morgan fingerprint density at radius 1 is 1.55 bits per heavy atom. The van der Waals surface area contributed by atoms with Crippen LogP contribution in [-0.4, -0.2) is 19.9 Å². The number of rotatable bonds is 5. The maximum Gasteiger partial charge on any atom is 0.343 e. The lowest BCUT2D eigenvalue weighted by molar-refractivity contribution is 0.198. The zero-order valence-corrected chi connectivity index (χ0v) is 13.7. The predicted octanol–water partition coefficient (Wildman–Crippen LogP) is 2.95. The van der Waals surface area contributed by atoms with Crippen LogP contribution in [0.2, 0.25) is 0 Å². The monoisotopic (exact) mass is 357 g/mol. The third kappa shape index (κ3) is 3.34. The molecule has 1 aromatic carbocycles. The molecular weight excluding hydrogens is 342 g/mol. The minimum absolute atomic E-state index is 0.186. The number of halogens is 1. The van der Waals surface area contributed by atoms with Crippen LogP contribution in [0.1, 0.15) is 31.9 Å². The van der Waals surface area contributed by atoms with Crippen LogP contribution in [0, 0.1) is 0 Å². The molecule has 2 rings (SSSR count). The standard InChI is InChI=1S/C13H16BrN3O2S/c1-3-6-17-12(19)15-16-13(17)20-9-4-5-10(8(2)18)11(14)7-9/h4-5,7-8,18H,3,6H2,1-2H3,(H,15,19)/t8-/m0/s1. The Bertz CT molecular complexity index is 651. The minimum atomic E-state index is -0.521. The lowest BCUT2D eigenvalue weighted by Crippen LogP contribution is -2.17. The van der Waals surface area contributed by atoms with Crippen molar-refractivity contribution >= 4 is 27.7 Å². The van der Waals surface area contributed by atoms with Gasteiger partial charge in [-0.1, -0.05) is 28.9 Å². The molecule has 0 radical (unpaired) electrons. The molecule has 2 N–H and O–H groups in total. The van der Waals surface area contributed by atoms with Gasteiger partial charge in [0.1, 0.15) is 0 Å². The summed E-state index contributed by atoms with van der Waals surface area (Å²) in [5.41, 5.74) is 0.649. The Morgan fingerprint density at radius 3 is 2.90 bits per heavy atom. The first-order valence-corrected chi connectivity index (χ1v) is 7.94. The molecule has 0 spiro atoms. The van der Waals surface area contributed by atoms with Gasteiger partial charge < -0.3 is 5.11 Å². The highest BCUT2D eigenvalue weighted by atomic mass is 79.9. The molecule has 7 heteroatoms. The van der Waals surface area contributed by atoms with Crippen LogP contribution in [-0.2, 0) is 6.54 Å². The summed E-state index contributed by atoms with van der Waals surface area (Å²) in [5.74, 6) is 0. The van der Waals surface area contributed by atoms with E-state index < -0.39 is 6.10 Å². The van der Waals surface area contributed by atoms with E-state index in [4.69, 9.17) is 0 Å². The third-order valence-corrected chi connectivity index (χ3v) is 4.47. The lowest BCUT2D eigenvalue weighted by Gasteiger charge is -2.09. The number of benzene rings is 1. The third-order valence-electron chi connectivity index (χ3n) is 2.80. The van der Waals surface area contributed by atoms with E-state index in [0.29, 0.717) is 11.7 Å². The zero-order valence-electron chi connectivity index (χ0n) is 11.3. The fourth-order valence-corrected chi connectivity index (χ4v) is 3.58. The Balaban J connectivity index is 2.27. The van der Waals surface area contributed by atoms with Crippen LogP contribution in [0.15, 0.2) is 37.5 Å². The number of hydrogen-bond acceptors (Lipinski definition) is 4. The first-order chi connectivity index (χ1) is 9.52.